The van der Waals surface area contributed by atoms with Crippen LogP contribution in [-0.4, -0.2) is 76.7 Å². The molecular formula is C21H30N2O6. The summed E-state index contributed by atoms with van der Waals surface area (Å²) in [6.07, 6.45) is 5.36. The number of rotatable bonds is 4. The highest BCUT2D eigenvalue weighted by Crippen LogP contribution is 2.27. The van der Waals surface area contributed by atoms with E-state index in [0.29, 0.717) is 0 Å². The second-order valence-electron chi connectivity index (χ2n) is 7.54. The highest BCUT2D eigenvalue weighted by atomic mass is 16.5. The monoisotopic (exact) mass is 406 g/mol. The number of carbonyl (C=O) groups excluding carboxylic acids is 1. The lowest BCUT2D eigenvalue weighted by Crippen LogP contribution is -2.53. The van der Waals surface area contributed by atoms with Gasteiger partial charge in [0.2, 0.25) is 0 Å². The largest absolute Gasteiger partial charge is 0.484 e. The van der Waals surface area contributed by atoms with Crippen molar-refractivity contribution in [2.75, 3.05) is 32.8 Å². The number of hydrogen-bond donors (Lipinski definition) is 2. The molecule has 2 fully saturated rings. The Kier molecular flexibility index (Phi) is 8.92. The van der Waals surface area contributed by atoms with Gasteiger partial charge in [-0.2, -0.15) is 0 Å². The van der Waals surface area contributed by atoms with Crippen LogP contribution in [0.2, 0.25) is 0 Å². The van der Waals surface area contributed by atoms with Crippen LogP contribution in [0.5, 0.6) is 5.75 Å². The molecule has 1 aromatic carbocycles. The van der Waals surface area contributed by atoms with Crippen molar-refractivity contribution in [3.8, 4) is 5.75 Å². The summed E-state index contributed by atoms with van der Waals surface area (Å²) in [7, 11) is 0. The zero-order valence-electron chi connectivity index (χ0n) is 16.8. The van der Waals surface area contributed by atoms with E-state index in [0.717, 1.165) is 43.9 Å². The summed E-state index contributed by atoms with van der Waals surface area (Å²) in [6, 6.07) is 10.3. The van der Waals surface area contributed by atoms with Gasteiger partial charge in [0.05, 0.1) is 0 Å². The fraction of sp³-hybridized carbons (Fsp3) is 0.571. The first-order chi connectivity index (χ1) is 13.9. The van der Waals surface area contributed by atoms with Gasteiger partial charge in [-0.1, -0.05) is 25.1 Å². The van der Waals surface area contributed by atoms with E-state index in [4.69, 9.17) is 24.5 Å². The van der Waals surface area contributed by atoms with Gasteiger partial charge in [0.15, 0.2) is 6.61 Å². The number of carboxylic acids is 2. The van der Waals surface area contributed by atoms with Crippen LogP contribution in [-0.2, 0) is 14.4 Å². The van der Waals surface area contributed by atoms with E-state index >= 15 is 0 Å². The van der Waals surface area contributed by atoms with Gasteiger partial charge < -0.3 is 19.8 Å². The maximum absolute atomic E-state index is 12.3. The first kappa shape index (κ1) is 22.7. The van der Waals surface area contributed by atoms with Crippen LogP contribution in [0.25, 0.3) is 0 Å². The number of ether oxygens (including phenoxy) is 1. The number of aliphatic carboxylic acids is 2. The van der Waals surface area contributed by atoms with Crippen LogP contribution < -0.4 is 4.74 Å². The highest BCUT2D eigenvalue weighted by Gasteiger charge is 2.28. The Labute approximate surface area is 171 Å². The molecule has 0 spiro atoms. The summed E-state index contributed by atoms with van der Waals surface area (Å²) in [5.41, 5.74) is 0. The topological polar surface area (TPSA) is 107 Å². The molecule has 1 amide bonds. The molecule has 1 aliphatic heterocycles. The number of nitrogens with zero attached hydrogens (tertiary/aromatic N) is 2. The summed E-state index contributed by atoms with van der Waals surface area (Å²) >= 11 is 0. The molecule has 8 heteroatoms. The first-order valence-electron chi connectivity index (χ1n) is 10.0. The minimum Gasteiger partial charge on any atom is -0.484 e. The molecule has 3 rings (SSSR count). The van der Waals surface area contributed by atoms with Crippen molar-refractivity contribution in [2.45, 2.75) is 38.6 Å². The molecule has 1 heterocycles. The average Bonchev–Trinajstić information content (AvgIpc) is 2.74. The van der Waals surface area contributed by atoms with Gasteiger partial charge in [0.25, 0.3) is 5.91 Å². The second-order valence-corrected chi connectivity index (χ2v) is 7.54. The molecule has 0 unspecified atom stereocenters. The van der Waals surface area contributed by atoms with Crippen molar-refractivity contribution in [3.05, 3.63) is 30.3 Å². The third-order valence-electron chi connectivity index (χ3n) is 5.46. The molecule has 160 valence electrons. The van der Waals surface area contributed by atoms with Crippen LogP contribution in [0, 0.1) is 5.92 Å². The van der Waals surface area contributed by atoms with Gasteiger partial charge in [-0.15, -0.1) is 0 Å². The Hall–Kier alpha value is -2.61. The molecule has 1 saturated heterocycles. The Morgan fingerprint density at radius 1 is 0.931 bits per heavy atom. The number of benzene rings is 1. The molecule has 1 aliphatic carbocycles. The van der Waals surface area contributed by atoms with E-state index < -0.39 is 11.9 Å². The zero-order chi connectivity index (χ0) is 21.2. The summed E-state index contributed by atoms with van der Waals surface area (Å²) in [4.78, 5) is 35.0. The van der Waals surface area contributed by atoms with Gasteiger partial charge >= 0.3 is 11.9 Å². The second kappa shape index (κ2) is 11.4. The fourth-order valence-electron chi connectivity index (χ4n) is 3.70. The first-order valence-corrected chi connectivity index (χ1v) is 10.0. The van der Waals surface area contributed by atoms with E-state index in [9.17, 15) is 4.79 Å². The zero-order valence-corrected chi connectivity index (χ0v) is 16.8. The highest BCUT2D eigenvalue weighted by molar-refractivity contribution is 6.27. The summed E-state index contributed by atoms with van der Waals surface area (Å²) in [5, 5.41) is 14.8. The quantitative estimate of drug-likeness (QED) is 0.736. The minimum atomic E-state index is -1.82. The van der Waals surface area contributed by atoms with Gasteiger partial charge in [-0.3, -0.25) is 9.69 Å². The van der Waals surface area contributed by atoms with Crippen molar-refractivity contribution in [1.29, 1.82) is 0 Å². The van der Waals surface area contributed by atoms with E-state index in [1.165, 1.54) is 25.7 Å². The van der Waals surface area contributed by atoms with Gasteiger partial charge in [-0.05, 0) is 43.7 Å². The Morgan fingerprint density at radius 2 is 1.48 bits per heavy atom. The average molecular weight is 406 g/mol. The lowest BCUT2D eigenvalue weighted by Gasteiger charge is -2.41. The number of carbonyl (C=O) groups is 3. The van der Waals surface area contributed by atoms with E-state index in [2.05, 4.69) is 11.8 Å². The van der Waals surface area contributed by atoms with E-state index in [1.54, 1.807) is 0 Å². The maximum Gasteiger partial charge on any atom is 0.414 e. The fourth-order valence-corrected chi connectivity index (χ4v) is 3.70. The minimum absolute atomic E-state index is 0.103. The molecule has 0 aromatic heterocycles. The predicted octanol–water partition coefficient (Wildman–Crippen LogP) is 1.94. The molecule has 1 saturated carbocycles. The molecule has 0 radical (unpaired) electrons. The standard InChI is InChI=1S/C19H28N2O2.C2H2O4/c1-16-7-9-17(10-8-16)20-11-13-21(14-12-20)19(22)15-23-18-5-3-2-4-6-18;3-1(4)2(5)6/h2-6,16-17H,7-15H2,1H3;(H,3,4)(H,5,6). The maximum atomic E-state index is 12.3. The van der Waals surface area contributed by atoms with Gasteiger partial charge in [-0.25, -0.2) is 9.59 Å². The van der Waals surface area contributed by atoms with Crippen molar-refractivity contribution in [1.82, 2.24) is 9.80 Å². The molecule has 0 bridgehead atoms. The third kappa shape index (κ3) is 7.73. The van der Waals surface area contributed by atoms with Crippen molar-refractivity contribution in [2.24, 2.45) is 5.92 Å². The Morgan fingerprint density at radius 3 is 2.00 bits per heavy atom. The van der Waals surface area contributed by atoms with Crippen LogP contribution in [0.15, 0.2) is 30.3 Å². The Bertz CT molecular complexity index is 653. The van der Waals surface area contributed by atoms with E-state index in [-0.39, 0.29) is 12.5 Å². The number of amides is 1. The van der Waals surface area contributed by atoms with Gasteiger partial charge in [0, 0.05) is 32.2 Å². The summed E-state index contributed by atoms with van der Waals surface area (Å²) < 4.78 is 5.57. The van der Waals surface area contributed by atoms with Crippen LogP contribution in [0.3, 0.4) is 0 Å². The van der Waals surface area contributed by atoms with Crippen LogP contribution in [0.1, 0.15) is 32.6 Å². The Balaban J connectivity index is 0.000000438. The molecule has 2 aliphatic rings. The van der Waals surface area contributed by atoms with Crippen molar-refractivity contribution in [3.63, 3.8) is 0 Å². The third-order valence-corrected chi connectivity index (χ3v) is 5.46. The SMILES string of the molecule is CC1CCC(N2CCN(C(=O)COc3ccccc3)CC2)CC1.O=C(O)C(=O)O. The van der Waals surface area contributed by atoms with Crippen LogP contribution in [0.4, 0.5) is 0 Å². The van der Waals surface area contributed by atoms with Crippen LogP contribution >= 0.6 is 0 Å². The summed E-state index contributed by atoms with van der Waals surface area (Å²) in [6.45, 7) is 6.20. The van der Waals surface area contributed by atoms with E-state index in [1.807, 2.05) is 35.2 Å². The number of hydrogen-bond acceptors (Lipinski definition) is 5. The lowest BCUT2D eigenvalue weighted by molar-refractivity contribution is -0.159. The predicted molar refractivity (Wildman–Crippen MR) is 107 cm³/mol. The molecule has 29 heavy (non-hydrogen) atoms. The molecule has 0 atom stereocenters. The van der Waals surface area contributed by atoms with Gasteiger partial charge in [0.1, 0.15) is 5.75 Å². The lowest BCUT2D eigenvalue weighted by atomic mass is 9.86. The molecule has 8 nitrogen and oxygen atoms in total. The smallest absolute Gasteiger partial charge is 0.414 e. The summed E-state index contributed by atoms with van der Waals surface area (Å²) in [5.74, 6) is -1.89. The number of carboxylic acid groups (broad SMARTS) is 2. The van der Waals surface area contributed by atoms with Crippen molar-refractivity contribution >= 4 is 17.8 Å². The number of piperazine rings is 1. The number of para-hydroxylation sites is 1. The molecular weight excluding hydrogens is 376 g/mol. The normalized spacial score (nSPS) is 22.2. The molecule has 1 aromatic rings. The molecule has 2 N–H and O–H groups in total. The van der Waals surface area contributed by atoms with Crippen molar-refractivity contribution < 1.29 is 29.3 Å².